The molecule has 29 heavy (non-hydrogen) atoms. The van der Waals surface area contributed by atoms with Crippen LogP contribution in [0.25, 0.3) is 10.6 Å². The van der Waals surface area contributed by atoms with Gasteiger partial charge in [-0.1, -0.05) is 29.8 Å². The highest BCUT2D eigenvalue weighted by molar-refractivity contribution is 7.13. The zero-order valence-electron chi connectivity index (χ0n) is 16.0. The fraction of sp³-hybridized carbons (Fsp3) is 0.182. The number of amides is 1. The molecule has 7 heteroatoms. The number of ether oxygens (including phenoxy) is 1. The normalized spacial score (nSPS) is 11.3. The molecule has 3 aromatic rings. The van der Waals surface area contributed by atoms with Crippen LogP contribution in [0.15, 0.2) is 53.9 Å². The molecule has 0 radical (unpaired) electrons. The van der Waals surface area contributed by atoms with Gasteiger partial charge in [0.1, 0.15) is 5.01 Å². The van der Waals surface area contributed by atoms with E-state index in [2.05, 4.69) is 10.3 Å². The second-order valence-corrected chi connectivity index (χ2v) is 7.36. The van der Waals surface area contributed by atoms with Crippen molar-refractivity contribution in [3.05, 3.63) is 70.7 Å². The second kappa shape index (κ2) is 9.13. The largest absolute Gasteiger partial charge is 0.452 e. The quantitative estimate of drug-likeness (QED) is 0.623. The summed E-state index contributed by atoms with van der Waals surface area (Å²) in [5.74, 6) is -0.994. The number of hydrogen-bond acceptors (Lipinski definition) is 6. The van der Waals surface area contributed by atoms with Crippen LogP contribution >= 0.6 is 11.3 Å². The SMILES string of the molecule is Cc1cccc(-c2nc(CC(=O)O[C@H](C)C(=O)Nc3cccc(C#N)c3)cs2)c1. The second-order valence-electron chi connectivity index (χ2n) is 6.50. The van der Waals surface area contributed by atoms with E-state index in [1.54, 1.807) is 24.3 Å². The Morgan fingerprint density at radius 1 is 1.24 bits per heavy atom. The predicted octanol–water partition coefficient (Wildman–Crippen LogP) is 4.10. The molecule has 0 aliphatic rings. The summed E-state index contributed by atoms with van der Waals surface area (Å²) in [4.78, 5) is 28.9. The lowest BCUT2D eigenvalue weighted by molar-refractivity contribution is -0.152. The molecule has 2 aromatic carbocycles. The standard InChI is InChI=1S/C22H19N3O3S/c1-14-5-3-7-17(9-14)22-25-19(13-29-22)11-20(26)28-15(2)21(27)24-18-8-4-6-16(10-18)12-23/h3-10,13,15H,11H2,1-2H3,(H,24,27)/t15-/m1/s1. The molecule has 1 N–H and O–H groups in total. The van der Waals surface area contributed by atoms with E-state index < -0.39 is 18.0 Å². The molecule has 0 aliphatic heterocycles. The van der Waals surface area contributed by atoms with Crippen LogP contribution in [0.4, 0.5) is 5.69 Å². The van der Waals surface area contributed by atoms with Gasteiger partial charge in [-0.15, -0.1) is 11.3 Å². The average Bonchev–Trinajstić information content (AvgIpc) is 3.16. The monoisotopic (exact) mass is 405 g/mol. The summed E-state index contributed by atoms with van der Waals surface area (Å²) in [7, 11) is 0. The van der Waals surface area contributed by atoms with Crippen molar-refractivity contribution < 1.29 is 14.3 Å². The number of esters is 1. The van der Waals surface area contributed by atoms with Crippen molar-refractivity contribution >= 4 is 28.9 Å². The van der Waals surface area contributed by atoms with Gasteiger partial charge in [0.05, 0.1) is 23.7 Å². The van der Waals surface area contributed by atoms with Gasteiger partial charge in [0.15, 0.2) is 6.10 Å². The third-order valence-corrected chi connectivity index (χ3v) is 5.02. The van der Waals surface area contributed by atoms with Crippen LogP contribution in [-0.4, -0.2) is 23.0 Å². The molecule has 0 aliphatic carbocycles. The first-order chi connectivity index (χ1) is 13.9. The van der Waals surface area contributed by atoms with E-state index in [1.807, 2.05) is 42.6 Å². The van der Waals surface area contributed by atoms with Gasteiger partial charge in [0.25, 0.3) is 5.91 Å². The van der Waals surface area contributed by atoms with E-state index in [1.165, 1.54) is 18.3 Å². The van der Waals surface area contributed by atoms with E-state index in [0.29, 0.717) is 16.9 Å². The van der Waals surface area contributed by atoms with Crippen molar-refractivity contribution in [3.8, 4) is 16.6 Å². The van der Waals surface area contributed by atoms with E-state index in [9.17, 15) is 9.59 Å². The molecule has 0 spiro atoms. The smallest absolute Gasteiger partial charge is 0.312 e. The van der Waals surface area contributed by atoms with Crippen molar-refractivity contribution in [2.24, 2.45) is 0 Å². The maximum Gasteiger partial charge on any atom is 0.312 e. The van der Waals surface area contributed by atoms with Gasteiger partial charge in [-0.2, -0.15) is 5.26 Å². The molecule has 3 rings (SSSR count). The number of nitrogens with one attached hydrogen (secondary N) is 1. The Hall–Kier alpha value is -3.50. The van der Waals surface area contributed by atoms with Crippen LogP contribution in [0.2, 0.25) is 0 Å². The minimum absolute atomic E-state index is 0.0101. The molecule has 1 amide bonds. The number of carbonyl (C=O) groups excluding carboxylic acids is 2. The molecular formula is C22H19N3O3S. The van der Waals surface area contributed by atoms with Crippen LogP contribution in [-0.2, 0) is 20.7 Å². The first-order valence-corrected chi connectivity index (χ1v) is 9.84. The number of thiazole rings is 1. The van der Waals surface area contributed by atoms with Gasteiger partial charge in [-0.05, 0) is 38.1 Å². The fourth-order valence-electron chi connectivity index (χ4n) is 2.65. The number of nitrogens with zero attached hydrogens (tertiary/aromatic N) is 2. The van der Waals surface area contributed by atoms with Crippen LogP contribution < -0.4 is 5.32 Å². The molecule has 1 atom stereocenters. The first kappa shape index (κ1) is 20.2. The minimum atomic E-state index is -0.969. The van der Waals surface area contributed by atoms with Gasteiger partial charge >= 0.3 is 5.97 Å². The van der Waals surface area contributed by atoms with E-state index in [0.717, 1.165) is 16.1 Å². The lowest BCUT2D eigenvalue weighted by atomic mass is 10.1. The van der Waals surface area contributed by atoms with Crippen LogP contribution in [0.5, 0.6) is 0 Å². The lowest BCUT2D eigenvalue weighted by Gasteiger charge is -2.13. The summed E-state index contributed by atoms with van der Waals surface area (Å²) in [6.07, 6.45) is -0.979. The topological polar surface area (TPSA) is 92.1 Å². The number of aryl methyl sites for hydroxylation is 1. The van der Waals surface area contributed by atoms with Crippen molar-refractivity contribution in [2.75, 3.05) is 5.32 Å². The van der Waals surface area contributed by atoms with Crippen LogP contribution in [0.3, 0.4) is 0 Å². The van der Waals surface area contributed by atoms with Crippen molar-refractivity contribution in [2.45, 2.75) is 26.4 Å². The highest BCUT2D eigenvalue weighted by atomic mass is 32.1. The summed E-state index contributed by atoms with van der Waals surface area (Å²) in [6.45, 7) is 3.51. The van der Waals surface area contributed by atoms with Gasteiger partial charge in [0, 0.05) is 16.6 Å². The summed E-state index contributed by atoms with van der Waals surface area (Å²) in [6, 6.07) is 16.5. The maximum atomic E-state index is 12.2. The highest BCUT2D eigenvalue weighted by Crippen LogP contribution is 2.24. The summed E-state index contributed by atoms with van der Waals surface area (Å²) in [5.41, 5.74) is 3.64. The maximum absolute atomic E-state index is 12.2. The van der Waals surface area contributed by atoms with Crippen molar-refractivity contribution in [1.29, 1.82) is 5.26 Å². The third kappa shape index (κ3) is 5.50. The number of benzene rings is 2. The Morgan fingerprint density at radius 2 is 2.03 bits per heavy atom. The lowest BCUT2D eigenvalue weighted by Crippen LogP contribution is -2.30. The Bertz CT molecular complexity index is 1080. The zero-order chi connectivity index (χ0) is 20.8. The highest BCUT2D eigenvalue weighted by Gasteiger charge is 2.19. The Balaban J connectivity index is 1.56. The van der Waals surface area contributed by atoms with E-state index in [4.69, 9.17) is 10.00 Å². The first-order valence-electron chi connectivity index (χ1n) is 8.96. The number of hydrogen-bond donors (Lipinski definition) is 1. The average molecular weight is 405 g/mol. The molecule has 0 fully saturated rings. The molecule has 1 aromatic heterocycles. The van der Waals surface area contributed by atoms with Crippen molar-refractivity contribution in [1.82, 2.24) is 4.98 Å². The Morgan fingerprint density at radius 3 is 2.79 bits per heavy atom. The molecule has 6 nitrogen and oxygen atoms in total. The molecule has 0 unspecified atom stereocenters. The van der Waals surface area contributed by atoms with Gasteiger partial charge in [-0.25, -0.2) is 4.98 Å². The number of rotatable bonds is 6. The molecular weight excluding hydrogens is 386 g/mol. The van der Waals surface area contributed by atoms with E-state index in [-0.39, 0.29) is 6.42 Å². The Labute approximate surface area is 172 Å². The number of nitriles is 1. The summed E-state index contributed by atoms with van der Waals surface area (Å²) < 4.78 is 5.23. The molecule has 146 valence electrons. The van der Waals surface area contributed by atoms with Gasteiger partial charge in [0.2, 0.25) is 0 Å². The van der Waals surface area contributed by atoms with Crippen molar-refractivity contribution in [3.63, 3.8) is 0 Å². The summed E-state index contributed by atoms with van der Waals surface area (Å²) in [5, 5.41) is 14.2. The van der Waals surface area contributed by atoms with Gasteiger partial charge in [-0.3, -0.25) is 9.59 Å². The number of carbonyl (C=O) groups is 2. The summed E-state index contributed by atoms with van der Waals surface area (Å²) >= 11 is 1.46. The van der Waals surface area contributed by atoms with E-state index >= 15 is 0 Å². The number of aromatic nitrogens is 1. The molecule has 0 saturated heterocycles. The van der Waals surface area contributed by atoms with Gasteiger partial charge < -0.3 is 10.1 Å². The molecule has 0 bridgehead atoms. The molecule has 1 heterocycles. The third-order valence-electron chi connectivity index (χ3n) is 4.08. The zero-order valence-corrected chi connectivity index (χ0v) is 16.8. The van der Waals surface area contributed by atoms with Crippen LogP contribution in [0.1, 0.15) is 23.7 Å². The Kier molecular flexibility index (Phi) is 6.37. The fourth-order valence-corrected chi connectivity index (χ4v) is 3.47. The predicted molar refractivity (Wildman–Crippen MR) is 111 cm³/mol. The number of anilines is 1. The minimum Gasteiger partial charge on any atom is -0.452 e. The van der Waals surface area contributed by atoms with Crippen LogP contribution in [0, 0.1) is 18.3 Å². The molecule has 0 saturated carbocycles.